The fourth-order valence-electron chi connectivity index (χ4n) is 3.15. The van der Waals surface area contributed by atoms with Crippen molar-refractivity contribution < 1.29 is 19.1 Å². The molecule has 0 radical (unpaired) electrons. The smallest absolute Gasteiger partial charge is 0.310 e. The predicted molar refractivity (Wildman–Crippen MR) is 105 cm³/mol. The first kappa shape index (κ1) is 19.2. The summed E-state index contributed by atoms with van der Waals surface area (Å²) >= 11 is 1.42. The van der Waals surface area contributed by atoms with Gasteiger partial charge in [0, 0.05) is 24.2 Å². The highest BCUT2D eigenvalue weighted by atomic mass is 32.1. The normalized spacial score (nSPS) is 15.2. The molecule has 2 N–H and O–H groups in total. The number of amides is 1. The number of likely N-dealkylation sites (tertiary alicyclic amines) is 1. The molecule has 1 saturated heterocycles. The van der Waals surface area contributed by atoms with Crippen LogP contribution in [-0.2, 0) is 4.79 Å². The number of nitrogens with zero attached hydrogens (tertiary/aromatic N) is 4. The molecule has 10 heteroatoms. The first-order chi connectivity index (χ1) is 13.8. The Kier molecular flexibility index (Phi) is 4.87. The van der Waals surface area contributed by atoms with E-state index in [-0.39, 0.29) is 36.7 Å². The third-order valence-electron chi connectivity index (χ3n) is 4.79. The summed E-state index contributed by atoms with van der Waals surface area (Å²) in [5.41, 5.74) is 1.49. The van der Waals surface area contributed by atoms with Gasteiger partial charge in [0.05, 0.1) is 28.4 Å². The Bertz CT molecular complexity index is 1110. The Labute approximate surface area is 169 Å². The summed E-state index contributed by atoms with van der Waals surface area (Å²) in [5, 5.41) is 12.1. The Morgan fingerprint density at radius 3 is 2.76 bits per heavy atom. The molecule has 4 heterocycles. The van der Waals surface area contributed by atoms with Gasteiger partial charge in [-0.25, -0.2) is 14.4 Å². The standard InChI is InChI=1S/C19H18FN5O3S/c1-9-3-14-16(29-9)15(17(26)25-7-12(8-25)18(27)28)24-19(23-14)22-10(2)11-4-13(20)6-21-5-11/h3-6,10,12H,7-8H2,1-2H3,(H,27,28)(H,22,23,24). The molecule has 150 valence electrons. The monoisotopic (exact) mass is 415 g/mol. The molecule has 1 fully saturated rings. The average Bonchev–Trinajstić information content (AvgIpc) is 2.99. The average molecular weight is 415 g/mol. The second-order valence-electron chi connectivity index (χ2n) is 7.02. The van der Waals surface area contributed by atoms with Gasteiger partial charge in [-0.05, 0) is 31.5 Å². The molecule has 0 bridgehead atoms. The zero-order valence-corrected chi connectivity index (χ0v) is 16.5. The summed E-state index contributed by atoms with van der Waals surface area (Å²) in [6.07, 6.45) is 2.67. The minimum atomic E-state index is -0.909. The van der Waals surface area contributed by atoms with Crippen LogP contribution in [-0.4, -0.2) is 49.9 Å². The molecule has 29 heavy (non-hydrogen) atoms. The van der Waals surface area contributed by atoms with Crippen LogP contribution in [0.15, 0.2) is 24.5 Å². The third kappa shape index (κ3) is 3.75. The van der Waals surface area contributed by atoms with Gasteiger partial charge in [-0.1, -0.05) is 0 Å². The topological polar surface area (TPSA) is 108 Å². The van der Waals surface area contributed by atoms with Gasteiger partial charge < -0.3 is 15.3 Å². The van der Waals surface area contributed by atoms with Gasteiger partial charge in [0.25, 0.3) is 5.91 Å². The van der Waals surface area contributed by atoms with Crippen molar-refractivity contribution in [3.05, 3.63) is 46.5 Å². The van der Waals surface area contributed by atoms with Crippen molar-refractivity contribution in [3.63, 3.8) is 0 Å². The van der Waals surface area contributed by atoms with E-state index in [0.29, 0.717) is 15.8 Å². The molecule has 8 nitrogen and oxygen atoms in total. The number of aliphatic carboxylic acids is 1. The quantitative estimate of drug-likeness (QED) is 0.660. The lowest BCUT2D eigenvalue weighted by molar-refractivity contribution is -0.146. The van der Waals surface area contributed by atoms with Gasteiger partial charge in [0.2, 0.25) is 5.95 Å². The molecular formula is C19H18FN5O3S. The van der Waals surface area contributed by atoms with Crippen molar-refractivity contribution in [2.75, 3.05) is 18.4 Å². The van der Waals surface area contributed by atoms with Crippen LogP contribution in [0.5, 0.6) is 0 Å². The molecule has 1 amide bonds. The maximum absolute atomic E-state index is 13.5. The number of nitrogens with one attached hydrogen (secondary N) is 1. The Morgan fingerprint density at radius 2 is 2.07 bits per heavy atom. The summed E-state index contributed by atoms with van der Waals surface area (Å²) < 4.78 is 14.1. The van der Waals surface area contributed by atoms with Crippen LogP contribution in [0.1, 0.15) is 33.9 Å². The van der Waals surface area contributed by atoms with E-state index < -0.39 is 17.7 Å². The van der Waals surface area contributed by atoms with Gasteiger partial charge in [-0.3, -0.25) is 14.6 Å². The summed E-state index contributed by atoms with van der Waals surface area (Å²) in [7, 11) is 0. The minimum absolute atomic E-state index is 0.165. The van der Waals surface area contributed by atoms with E-state index >= 15 is 0 Å². The number of aryl methyl sites for hydroxylation is 1. The number of anilines is 1. The summed E-state index contributed by atoms with van der Waals surface area (Å²) in [6, 6.07) is 2.91. The van der Waals surface area contributed by atoms with Crippen molar-refractivity contribution in [2.24, 2.45) is 5.92 Å². The number of carboxylic acid groups (broad SMARTS) is 1. The summed E-state index contributed by atoms with van der Waals surface area (Å²) in [6.45, 7) is 4.06. The molecule has 1 atom stereocenters. The number of hydrogen-bond donors (Lipinski definition) is 2. The Hall–Kier alpha value is -3.14. The highest BCUT2D eigenvalue weighted by Crippen LogP contribution is 2.30. The highest BCUT2D eigenvalue weighted by Gasteiger charge is 2.37. The molecular weight excluding hydrogens is 397 g/mol. The number of rotatable bonds is 5. The van der Waals surface area contributed by atoms with Gasteiger partial charge >= 0.3 is 5.97 Å². The Balaban J connectivity index is 1.64. The van der Waals surface area contributed by atoms with E-state index in [1.165, 1.54) is 22.3 Å². The second-order valence-corrected chi connectivity index (χ2v) is 8.27. The van der Waals surface area contributed by atoms with E-state index in [9.17, 15) is 14.0 Å². The number of aromatic nitrogens is 3. The van der Waals surface area contributed by atoms with Crippen molar-refractivity contribution in [2.45, 2.75) is 19.9 Å². The number of carbonyl (C=O) groups excluding carboxylic acids is 1. The number of thiophene rings is 1. The number of halogens is 1. The van der Waals surface area contributed by atoms with E-state index in [0.717, 1.165) is 11.1 Å². The third-order valence-corrected chi connectivity index (χ3v) is 5.83. The minimum Gasteiger partial charge on any atom is -0.481 e. The molecule has 0 aliphatic carbocycles. The number of hydrogen-bond acceptors (Lipinski definition) is 7. The molecule has 0 saturated carbocycles. The number of carboxylic acids is 1. The van der Waals surface area contributed by atoms with Crippen LogP contribution < -0.4 is 5.32 Å². The summed E-state index contributed by atoms with van der Waals surface area (Å²) in [5.74, 6) is -1.97. The molecule has 3 aromatic rings. The fraction of sp³-hybridized carbons (Fsp3) is 0.316. The molecule has 1 aliphatic heterocycles. The molecule has 0 spiro atoms. The van der Waals surface area contributed by atoms with Crippen LogP contribution in [0.2, 0.25) is 0 Å². The SMILES string of the molecule is Cc1cc2nc(NC(C)c3cncc(F)c3)nc(C(=O)N3CC(C(=O)O)C3)c2s1. The molecule has 1 unspecified atom stereocenters. The summed E-state index contributed by atoms with van der Waals surface area (Å²) in [4.78, 5) is 39.2. The van der Waals surface area contributed by atoms with Crippen LogP contribution in [0, 0.1) is 18.7 Å². The van der Waals surface area contributed by atoms with Crippen molar-refractivity contribution >= 4 is 39.4 Å². The number of carbonyl (C=O) groups is 2. The zero-order valence-electron chi connectivity index (χ0n) is 15.7. The Morgan fingerprint density at radius 1 is 1.31 bits per heavy atom. The van der Waals surface area contributed by atoms with Gasteiger partial charge in [0.1, 0.15) is 5.82 Å². The number of pyridine rings is 1. The molecule has 0 aromatic carbocycles. The largest absolute Gasteiger partial charge is 0.481 e. The van der Waals surface area contributed by atoms with Crippen LogP contribution in [0.3, 0.4) is 0 Å². The van der Waals surface area contributed by atoms with Crippen molar-refractivity contribution in [1.29, 1.82) is 0 Å². The van der Waals surface area contributed by atoms with Crippen molar-refractivity contribution in [3.8, 4) is 0 Å². The lowest BCUT2D eigenvalue weighted by Gasteiger charge is -2.36. The highest BCUT2D eigenvalue weighted by molar-refractivity contribution is 7.19. The van der Waals surface area contributed by atoms with Gasteiger partial charge in [0.15, 0.2) is 5.69 Å². The maximum atomic E-state index is 13.5. The first-order valence-electron chi connectivity index (χ1n) is 8.99. The van der Waals surface area contributed by atoms with Crippen LogP contribution >= 0.6 is 11.3 Å². The lowest BCUT2D eigenvalue weighted by Crippen LogP contribution is -2.53. The van der Waals surface area contributed by atoms with E-state index in [2.05, 4.69) is 20.3 Å². The fourth-order valence-corrected chi connectivity index (χ4v) is 4.08. The first-order valence-corrected chi connectivity index (χ1v) is 9.80. The van der Waals surface area contributed by atoms with E-state index in [1.807, 2.05) is 19.9 Å². The molecule has 4 rings (SSSR count). The van der Waals surface area contributed by atoms with Crippen LogP contribution in [0.25, 0.3) is 10.2 Å². The van der Waals surface area contributed by atoms with E-state index in [4.69, 9.17) is 5.11 Å². The number of fused-ring (bicyclic) bond motifs is 1. The molecule has 1 aliphatic rings. The lowest BCUT2D eigenvalue weighted by atomic mass is 10.00. The van der Waals surface area contributed by atoms with Crippen molar-refractivity contribution in [1.82, 2.24) is 19.9 Å². The van der Waals surface area contributed by atoms with Gasteiger partial charge in [-0.2, -0.15) is 0 Å². The van der Waals surface area contributed by atoms with E-state index in [1.54, 1.807) is 6.20 Å². The maximum Gasteiger partial charge on any atom is 0.310 e. The molecule has 3 aromatic heterocycles. The second kappa shape index (κ2) is 7.36. The predicted octanol–water partition coefficient (Wildman–Crippen LogP) is 2.86. The zero-order chi connectivity index (χ0) is 20.7. The van der Waals surface area contributed by atoms with Crippen LogP contribution in [0.4, 0.5) is 10.3 Å². The van der Waals surface area contributed by atoms with Gasteiger partial charge in [-0.15, -0.1) is 11.3 Å².